The number of aryl methyl sites for hydroxylation is 1. The van der Waals surface area contributed by atoms with Crippen LogP contribution < -0.4 is 5.32 Å². The molecule has 1 unspecified atom stereocenters. The van der Waals surface area contributed by atoms with Gasteiger partial charge in [0, 0.05) is 10.2 Å². The maximum absolute atomic E-state index is 11.6. The zero-order valence-corrected chi connectivity index (χ0v) is 12.4. The molecule has 0 aliphatic carbocycles. The molecule has 1 aromatic rings. The number of carbonyl (C=O) groups excluding carboxylic acids is 1. The predicted octanol–water partition coefficient (Wildman–Crippen LogP) is 1.78. The number of aliphatic hydroxyl groups is 2. The van der Waals surface area contributed by atoms with Gasteiger partial charge in [-0.1, -0.05) is 6.07 Å². The second-order valence-electron chi connectivity index (χ2n) is 3.88. The van der Waals surface area contributed by atoms with E-state index in [2.05, 4.69) is 21.2 Å². The van der Waals surface area contributed by atoms with Crippen molar-refractivity contribution in [1.29, 1.82) is 0 Å². The SMILES string of the molecule is Cc1ccc(NC(=O)CSCC(O)CO)c(Br)c1. The van der Waals surface area contributed by atoms with Crippen molar-refractivity contribution >= 4 is 39.3 Å². The van der Waals surface area contributed by atoms with Crippen molar-refractivity contribution in [3.63, 3.8) is 0 Å². The summed E-state index contributed by atoms with van der Waals surface area (Å²) in [5.41, 5.74) is 1.84. The summed E-state index contributed by atoms with van der Waals surface area (Å²) in [5, 5.41) is 20.5. The van der Waals surface area contributed by atoms with Gasteiger partial charge in [0.2, 0.25) is 5.91 Å². The molecular formula is C12H16BrNO3S. The number of benzene rings is 1. The zero-order valence-electron chi connectivity index (χ0n) is 10.0. The van der Waals surface area contributed by atoms with Gasteiger partial charge in [0.05, 0.1) is 24.2 Å². The van der Waals surface area contributed by atoms with Crippen LogP contribution in [0.15, 0.2) is 22.7 Å². The van der Waals surface area contributed by atoms with Crippen LogP contribution in [0.3, 0.4) is 0 Å². The first-order chi connectivity index (χ1) is 8.52. The van der Waals surface area contributed by atoms with Gasteiger partial charge in [0.25, 0.3) is 0 Å². The minimum absolute atomic E-state index is 0.130. The Morgan fingerprint density at radius 3 is 2.89 bits per heavy atom. The quantitative estimate of drug-likeness (QED) is 0.742. The van der Waals surface area contributed by atoms with Crippen molar-refractivity contribution in [2.75, 3.05) is 23.4 Å². The lowest BCUT2D eigenvalue weighted by molar-refractivity contribution is -0.113. The Kier molecular flexibility index (Phi) is 6.70. The highest BCUT2D eigenvalue weighted by molar-refractivity contribution is 9.10. The van der Waals surface area contributed by atoms with Gasteiger partial charge < -0.3 is 15.5 Å². The minimum atomic E-state index is -0.770. The third kappa shape index (κ3) is 5.39. The summed E-state index contributed by atoms with van der Waals surface area (Å²) in [6.45, 7) is 1.70. The lowest BCUT2D eigenvalue weighted by atomic mass is 10.2. The first-order valence-electron chi connectivity index (χ1n) is 5.45. The van der Waals surface area contributed by atoms with Crippen molar-refractivity contribution in [2.45, 2.75) is 13.0 Å². The third-order valence-electron chi connectivity index (χ3n) is 2.15. The van der Waals surface area contributed by atoms with Crippen LogP contribution in [0.25, 0.3) is 0 Å². The zero-order chi connectivity index (χ0) is 13.5. The number of carbonyl (C=O) groups is 1. The summed E-state index contributed by atoms with van der Waals surface area (Å²) in [5.74, 6) is 0.464. The van der Waals surface area contributed by atoms with E-state index < -0.39 is 6.10 Å². The molecule has 1 rings (SSSR count). The van der Waals surface area contributed by atoms with E-state index in [4.69, 9.17) is 10.2 Å². The molecule has 1 aromatic carbocycles. The Bertz CT molecular complexity index is 414. The van der Waals surface area contributed by atoms with E-state index in [-0.39, 0.29) is 18.3 Å². The van der Waals surface area contributed by atoms with Gasteiger partial charge in [-0.3, -0.25) is 4.79 Å². The van der Waals surface area contributed by atoms with Gasteiger partial charge in [-0.15, -0.1) is 11.8 Å². The second-order valence-corrected chi connectivity index (χ2v) is 5.77. The molecule has 0 aliphatic heterocycles. The Morgan fingerprint density at radius 2 is 2.28 bits per heavy atom. The number of hydrogen-bond acceptors (Lipinski definition) is 4. The Morgan fingerprint density at radius 1 is 1.56 bits per heavy atom. The second kappa shape index (κ2) is 7.78. The number of hydrogen-bond donors (Lipinski definition) is 3. The smallest absolute Gasteiger partial charge is 0.234 e. The highest BCUT2D eigenvalue weighted by Crippen LogP contribution is 2.23. The molecule has 6 heteroatoms. The average Bonchev–Trinajstić information content (AvgIpc) is 2.32. The molecule has 100 valence electrons. The fourth-order valence-corrected chi connectivity index (χ4v) is 2.59. The van der Waals surface area contributed by atoms with Crippen molar-refractivity contribution in [3.8, 4) is 0 Å². The molecule has 0 aliphatic rings. The summed E-state index contributed by atoms with van der Waals surface area (Å²) in [6, 6.07) is 5.69. The molecule has 0 bridgehead atoms. The van der Waals surface area contributed by atoms with E-state index in [1.807, 2.05) is 25.1 Å². The lowest BCUT2D eigenvalue weighted by Crippen LogP contribution is -2.19. The number of anilines is 1. The Balaban J connectivity index is 2.40. The van der Waals surface area contributed by atoms with E-state index in [0.29, 0.717) is 5.75 Å². The minimum Gasteiger partial charge on any atom is -0.394 e. The summed E-state index contributed by atoms with van der Waals surface area (Å²) in [4.78, 5) is 11.6. The van der Waals surface area contributed by atoms with Crippen LogP contribution in [0.2, 0.25) is 0 Å². The van der Waals surface area contributed by atoms with Gasteiger partial charge in [0.1, 0.15) is 0 Å². The average molecular weight is 334 g/mol. The van der Waals surface area contributed by atoms with Crippen LogP contribution in [0, 0.1) is 6.92 Å². The molecule has 0 heterocycles. The topological polar surface area (TPSA) is 69.6 Å². The van der Waals surface area contributed by atoms with Crippen molar-refractivity contribution < 1.29 is 15.0 Å². The van der Waals surface area contributed by atoms with Crippen molar-refractivity contribution in [3.05, 3.63) is 28.2 Å². The first-order valence-corrected chi connectivity index (χ1v) is 7.40. The molecule has 0 aromatic heterocycles. The van der Waals surface area contributed by atoms with Crippen LogP contribution >= 0.6 is 27.7 Å². The van der Waals surface area contributed by atoms with Crippen LogP contribution in [0.4, 0.5) is 5.69 Å². The van der Waals surface area contributed by atoms with Crippen molar-refractivity contribution in [2.24, 2.45) is 0 Å². The molecule has 4 nitrogen and oxygen atoms in total. The predicted molar refractivity (Wildman–Crippen MR) is 77.9 cm³/mol. The number of amides is 1. The molecule has 18 heavy (non-hydrogen) atoms. The molecular weight excluding hydrogens is 318 g/mol. The van der Waals surface area contributed by atoms with Gasteiger partial charge in [0.15, 0.2) is 0 Å². The van der Waals surface area contributed by atoms with Gasteiger partial charge in [-0.2, -0.15) is 0 Å². The number of nitrogens with one attached hydrogen (secondary N) is 1. The number of thioether (sulfide) groups is 1. The van der Waals surface area contributed by atoms with Gasteiger partial charge in [-0.25, -0.2) is 0 Å². The molecule has 1 amide bonds. The van der Waals surface area contributed by atoms with Gasteiger partial charge in [-0.05, 0) is 40.5 Å². The van der Waals surface area contributed by atoms with Gasteiger partial charge >= 0.3 is 0 Å². The van der Waals surface area contributed by atoms with E-state index in [1.54, 1.807) is 0 Å². The van der Waals surface area contributed by atoms with E-state index >= 15 is 0 Å². The van der Waals surface area contributed by atoms with Crippen LogP contribution in [-0.4, -0.2) is 40.3 Å². The van der Waals surface area contributed by atoms with E-state index in [9.17, 15) is 4.79 Å². The summed E-state index contributed by atoms with van der Waals surface area (Å²) < 4.78 is 0.844. The van der Waals surface area contributed by atoms with E-state index in [0.717, 1.165) is 15.7 Å². The van der Waals surface area contributed by atoms with E-state index in [1.165, 1.54) is 11.8 Å². The lowest BCUT2D eigenvalue weighted by Gasteiger charge is -2.09. The molecule has 0 saturated heterocycles. The fraction of sp³-hybridized carbons (Fsp3) is 0.417. The highest BCUT2D eigenvalue weighted by atomic mass is 79.9. The first kappa shape index (κ1) is 15.5. The third-order valence-corrected chi connectivity index (χ3v) is 3.90. The molecule has 0 fully saturated rings. The maximum atomic E-state index is 11.6. The van der Waals surface area contributed by atoms with Crippen LogP contribution in [-0.2, 0) is 4.79 Å². The maximum Gasteiger partial charge on any atom is 0.234 e. The Hall–Kier alpha value is -0.560. The monoisotopic (exact) mass is 333 g/mol. The normalized spacial score (nSPS) is 12.2. The van der Waals surface area contributed by atoms with Crippen molar-refractivity contribution in [1.82, 2.24) is 0 Å². The largest absolute Gasteiger partial charge is 0.394 e. The molecule has 0 spiro atoms. The van der Waals surface area contributed by atoms with Crippen LogP contribution in [0.5, 0.6) is 0 Å². The summed E-state index contributed by atoms with van der Waals surface area (Å²) in [7, 11) is 0. The highest BCUT2D eigenvalue weighted by Gasteiger charge is 2.08. The van der Waals surface area contributed by atoms with Crippen LogP contribution in [0.1, 0.15) is 5.56 Å². The standard InChI is InChI=1S/C12H16BrNO3S/c1-8-2-3-11(10(13)4-8)14-12(17)7-18-6-9(16)5-15/h2-4,9,15-16H,5-7H2,1H3,(H,14,17). The fourth-order valence-electron chi connectivity index (χ4n) is 1.25. The molecule has 1 atom stereocenters. The Labute approximate surface area is 119 Å². The summed E-state index contributed by atoms with van der Waals surface area (Å²) in [6.07, 6.45) is -0.770. The number of aliphatic hydroxyl groups excluding tert-OH is 2. The molecule has 0 radical (unpaired) electrons. The molecule has 0 saturated carbocycles. The number of rotatable bonds is 6. The number of halogens is 1. The molecule has 3 N–H and O–H groups in total. The summed E-state index contributed by atoms with van der Waals surface area (Å²) >= 11 is 4.67.